The van der Waals surface area contributed by atoms with Crippen molar-refractivity contribution < 1.29 is 9.18 Å². The summed E-state index contributed by atoms with van der Waals surface area (Å²) in [6, 6.07) is 4.55. The zero-order chi connectivity index (χ0) is 17.3. The minimum Gasteiger partial charge on any atom is -0.370 e. The minimum absolute atomic E-state index is 0. The molecule has 3 rings (SSSR count). The van der Waals surface area contributed by atoms with E-state index in [1.165, 1.54) is 11.1 Å². The zero-order valence-corrected chi connectivity index (χ0v) is 13.4. The molecule has 0 spiro atoms. The number of rotatable bonds is 1. The van der Waals surface area contributed by atoms with Crippen molar-refractivity contribution in [3.8, 4) is 11.1 Å². The van der Waals surface area contributed by atoms with Crippen molar-refractivity contribution in [1.82, 2.24) is 9.88 Å². The molecule has 0 radical (unpaired) electrons. The Morgan fingerprint density at radius 1 is 1.24 bits per heavy atom. The van der Waals surface area contributed by atoms with Gasteiger partial charge >= 0.3 is 6.03 Å². The molecular weight excluding hydrogens is 345 g/mol. The number of nitrogens with two attached hydrogens (primary N) is 2. The molecule has 4 N–H and O–H groups in total. The monoisotopic (exact) mass is 363 g/mol. The first-order chi connectivity index (χ1) is 11.5. The molecule has 2 amide bonds. The van der Waals surface area contributed by atoms with E-state index in [4.69, 9.17) is 23.1 Å². The van der Waals surface area contributed by atoms with E-state index in [1.54, 1.807) is 18.2 Å². The van der Waals surface area contributed by atoms with Gasteiger partial charge in [-0.2, -0.15) is 4.99 Å². The topological polar surface area (TPSA) is 97.6 Å². The van der Waals surface area contributed by atoms with Crippen molar-refractivity contribution in [1.29, 1.82) is 0 Å². The summed E-state index contributed by atoms with van der Waals surface area (Å²) in [5, 5.41) is 0.595. The van der Waals surface area contributed by atoms with E-state index in [0.717, 1.165) is 17.3 Å². The Labute approximate surface area is 150 Å². The van der Waals surface area contributed by atoms with E-state index in [9.17, 15) is 9.18 Å². The van der Waals surface area contributed by atoms with Gasteiger partial charge in [-0.15, -0.1) is 0 Å². The summed E-state index contributed by atoms with van der Waals surface area (Å²) in [4.78, 5) is 20.9. The van der Waals surface area contributed by atoms with Crippen LogP contribution in [0.4, 0.5) is 9.18 Å². The summed E-state index contributed by atoms with van der Waals surface area (Å²) in [6.45, 7) is 0.688. The smallest absolute Gasteiger partial charge is 0.347 e. The molecule has 2 heterocycles. The lowest BCUT2D eigenvalue weighted by atomic mass is 9.91. The average Bonchev–Trinajstić information content (AvgIpc) is 2.55. The maximum atomic E-state index is 14.1. The Kier molecular flexibility index (Phi) is 5.58. The Bertz CT molecular complexity index is 836. The van der Waals surface area contributed by atoms with Crippen molar-refractivity contribution in [3.05, 3.63) is 52.6 Å². The van der Waals surface area contributed by atoms with Crippen LogP contribution in [-0.4, -0.2) is 28.4 Å². The van der Waals surface area contributed by atoms with Crippen LogP contribution in [0.5, 0.6) is 0 Å². The Morgan fingerprint density at radius 2 is 2.00 bits per heavy atom. The Balaban J connectivity index is 0.00000225. The summed E-state index contributed by atoms with van der Waals surface area (Å²) in [6.07, 6.45) is 3.21. The molecule has 132 valence electrons. The third-order valence-corrected chi connectivity index (χ3v) is 4.27. The number of halogens is 2. The second kappa shape index (κ2) is 7.48. The van der Waals surface area contributed by atoms with Crippen LogP contribution >= 0.6 is 11.6 Å². The number of pyridine rings is 1. The number of carbonyl (C=O) groups is 1. The lowest BCUT2D eigenvalue weighted by Gasteiger charge is -2.29. The fraction of sp³-hybridized carbons (Fsp3) is 0.235. The van der Waals surface area contributed by atoms with Crippen LogP contribution in [0.3, 0.4) is 0 Å². The van der Waals surface area contributed by atoms with Crippen LogP contribution in [-0.2, 0) is 13.0 Å². The fourth-order valence-corrected chi connectivity index (χ4v) is 3.09. The van der Waals surface area contributed by atoms with E-state index < -0.39 is 11.8 Å². The Morgan fingerprint density at radius 3 is 2.68 bits per heavy atom. The lowest BCUT2D eigenvalue weighted by Crippen LogP contribution is -2.36. The molecule has 0 saturated heterocycles. The first-order valence-electron chi connectivity index (χ1n) is 7.26. The fourth-order valence-electron chi connectivity index (χ4n) is 2.82. The summed E-state index contributed by atoms with van der Waals surface area (Å²) in [5.41, 5.74) is 13.3. The predicted molar refractivity (Wildman–Crippen MR) is 96.7 cm³/mol. The summed E-state index contributed by atoms with van der Waals surface area (Å²) in [5.74, 6) is -0.730. The number of hydrogen-bond acceptors (Lipinski definition) is 2. The lowest BCUT2D eigenvalue weighted by molar-refractivity contribution is 0.203. The molecule has 0 bridgehead atoms. The van der Waals surface area contributed by atoms with Gasteiger partial charge < -0.3 is 16.4 Å². The van der Waals surface area contributed by atoms with E-state index >= 15 is 0 Å². The van der Waals surface area contributed by atoms with Crippen molar-refractivity contribution >= 4 is 23.6 Å². The highest BCUT2D eigenvalue weighted by atomic mass is 35.5. The number of amides is 2. The number of guanidine groups is 1. The number of hydrogen-bond donors (Lipinski definition) is 2. The minimum atomic E-state index is -0.526. The number of urea groups is 1. The van der Waals surface area contributed by atoms with Crippen LogP contribution in [0, 0.1) is 5.82 Å². The van der Waals surface area contributed by atoms with E-state index in [-0.39, 0.29) is 19.9 Å². The molecule has 0 fully saturated rings. The molecule has 1 aliphatic rings. The SMILES string of the molecule is C.NC(N)=NC(=O)N1CCc2c(Cl)ccc(-c3ccncc3F)c2C1. The van der Waals surface area contributed by atoms with E-state index in [2.05, 4.69) is 9.98 Å². The number of aromatic nitrogens is 1. The zero-order valence-electron chi connectivity index (χ0n) is 12.7. The van der Waals surface area contributed by atoms with Crippen LogP contribution in [0.15, 0.2) is 35.6 Å². The van der Waals surface area contributed by atoms with Gasteiger partial charge in [0, 0.05) is 29.9 Å². The standard InChI is InChI=1S/C16H15ClFN5O.CH4/c17-13-2-1-9(11-3-5-21-7-14(11)18)12-8-23(6-4-10(12)13)16(24)22-15(19)20;/h1-3,5,7H,4,6,8H2,(H4,19,20,22,24);1H4. The maximum Gasteiger partial charge on any atom is 0.347 e. The third-order valence-electron chi connectivity index (χ3n) is 3.91. The number of nitrogens with zero attached hydrogens (tertiary/aromatic N) is 3. The molecule has 1 aromatic carbocycles. The van der Waals surface area contributed by atoms with Crippen molar-refractivity contribution in [3.63, 3.8) is 0 Å². The average molecular weight is 364 g/mol. The summed E-state index contributed by atoms with van der Waals surface area (Å²) < 4.78 is 14.1. The maximum absolute atomic E-state index is 14.1. The second-order valence-corrected chi connectivity index (χ2v) is 5.81. The largest absolute Gasteiger partial charge is 0.370 e. The second-order valence-electron chi connectivity index (χ2n) is 5.40. The highest BCUT2D eigenvalue weighted by Gasteiger charge is 2.25. The molecule has 0 aliphatic carbocycles. The van der Waals surface area contributed by atoms with Gasteiger partial charge in [0.15, 0.2) is 5.96 Å². The molecule has 0 atom stereocenters. The van der Waals surface area contributed by atoms with Gasteiger partial charge in [-0.1, -0.05) is 25.1 Å². The number of fused-ring (bicyclic) bond motifs is 1. The molecule has 8 heteroatoms. The van der Waals surface area contributed by atoms with Crippen LogP contribution in [0.25, 0.3) is 11.1 Å². The molecule has 6 nitrogen and oxygen atoms in total. The Hall–Kier alpha value is -2.67. The summed E-state index contributed by atoms with van der Waals surface area (Å²) >= 11 is 6.28. The molecule has 1 aromatic heterocycles. The van der Waals surface area contributed by atoms with Gasteiger partial charge in [-0.3, -0.25) is 4.98 Å². The molecule has 0 saturated carbocycles. The predicted octanol–water partition coefficient (Wildman–Crippen LogP) is 2.93. The third kappa shape index (κ3) is 3.71. The van der Waals surface area contributed by atoms with Crippen LogP contribution in [0.2, 0.25) is 5.02 Å². The van der Waals surface area contributed by atoms with Gasteiger partial charge in [0.1, 0.15) is 5.82 Å². The van der Waals surface area contributed by atoms with Gasteiger partial charge in [0.2, 0.25) is 0 Å². The molecular formula is C17H19ClFN5O. The molecule has 2 aromatic rings. The first kappa shape index (κ1) is 18.7. The van der Waals surface area contributed by atoms with Crippen LogP contribution in [0.1, 0.15) is 18.6 Å². The molecule has 1 aliphatic heterocycles. The quantitative estimate of drug-likeness (QED) is 0.601. The normalized spacial score (nSPS) is 12.8. The first-order valence-corrected chi connectivity index (χ1v) is 7.64. The highest BCUT2D eigenvalue weighted by molar-refractivity contribution is 6.31. The number of aliphatic imine (C=N–C) groups is 1. The van der Waals surface area contributed by atoms with Gasteiger partial charge in [-0.05, 0) is 35.2 Å². The molecule has 25 heavy (non-hydrogen) atoms. The van der Waals surface area contributed by atoms with Gasteiger partial charge in [0.25, 0.3) is 0 Å². The summed E-state index contributed by atoms with van der Waals surface area (Å²) in [7, 11) is 0. The van der Waals surface area contributed by atoms with Crippen molar-refractivity contribution in [2.24, 2.45) is 16.5 Å². The van der Waals surface area contributed by atoms with Crippen LogP contribution < -0.4 is 11.5 Å². The van der Waals surface area contributed by atoms with E-state index in [0.29, 0.717) is 29.1 Å². The van der Waals surface area contributed by atoms with Gasteiger partial charge in [-0.25, -0.2) is 9.18 Å². The highest BCUT2D eigenvalue weighted by Crippen LogP contribution is 2.35. The molecule has 0 unspecified atom stereocenters. The van der Waals surface area contributed by atoms with Crippen molar-refractivity contribution in [2.45, 2.75) is 20.4 Å². The van der Waals surface area contributed by atoms with E-state index in [1.807, 2.05) is 0 Å². The van der Waals surface area contributed by atoms with Crippen molar-refractivity contribution in [2.75, 3.05) is 6.54 Å². The number of carbonyl (C=O) groups excluding carboxylic acids is 1. The van der Waals surface area contributed by atoms with Gasteiger partial charge in [0.05, 0.1) is 6.20 Å². The number of benzene rings is 1.